The molecule has 0 unspecified atom stereocenters. The molecule has 4 fully saturated rings. The normalized spacial score (nSPS) is 27.9. The van der Waals surface area contributed by atoms with Crippen molar-refractivity contribution in [2.75, 3.05) is 6.54 Å². The number of nitrogens with zero attached hydrogens (tertiary/aromatic N) is 2. The maximum atomic E-state index is 13.9. The number of Topliss-reactive ketones (excluding diaryl/α,β-unsaturated/α-hetero) is 1. The number of benzene rings is 1. The number of carbonyl (C=O) groups excluding carboxylic acids is 2. The van der Waals surface area contributed by atoms with Gasteiger partial charge in [-0.1, -0.05) is 70.4 Å². The van der Waals surface area contributed by atoms with Crippen LogP contribution in [-0.4, -0.2) is 54.0 Å². The Hall–Kier alpha value is -2.99. The molecule has 1 saturated heterocycles. The molecule has 4 aliphatic rings. The Morgan fingerprint density at radius 2 is 1.88 bits per heavy atom. The van der Waals surface area contributed by atoms with E-state index in [1.54, 1.807) is 0 Å². The molecular weight excluding hydrogens is 549 g/mol. The van der Waals surface area contributed by atoms with Crippen LogP contribution in [0.2, 0.25) is 0 Å². The van der Waals surface area contributed by atoms with Gasteiger partial charge in [0.1, 0.15) is 5.78 Å². The summed E-state index contributed by atoms with van der Waals surface area (Å²) in [6, 6.07) is 9.52. The highest BCUT2D eigenvalue weighted by Gasteiger charge is 2.68. The van der Waals surface area contributed by atoms with Crippen molar-refractivity contribution in [3.05, 3.63) is 46.0 Å². The van der Waals surface area contributed by atoms with Gasteiger partial charge in [-0.2, -0.15) is 0 Å². The molecule has 0 radical (unpaired) electrons. The maximum absolute atomic E-state index is 13.9. The topological polar surface area (TPSA) is 158 Å². The standard InChI is InChI=1S/C31H48BN5O6/c1-19(2)15-27(32-42-26-18-23-17-25(30(23,4)5)31(26,6)43-32)35-28(39)22(13-10-14-34-29(33)36-37(40)41)16-24(38)20(3)21-11-8-7-9-12-21/h7-9,11-12,19-20,22-23,25-27H,10,13-18H2,1-6H3,(H,35,39)(H3,33,34,36)/t20-,22+,23+,25+,26+,27-,31-/m0/s1. The number of carbonyl (C=O) groups is 2. The summed E-state index contributed by atoms with van der Waals surface area (Å²) in [6.45, 7) is 13.1. The number of nitro groups is 1. The highest BCUT2D eigenvalue weighted by molar-refractivity contribution is 6.47. The van der Waals surface area contributed by atoms with Crippen LogP contribution in [0.4, 0.5) is 0 Å². The highest BCUT2D eigenvalue weighted by Crippen LogP contribution is 2.65. The monoisotopic (exact) mass is 597 g/mol. The van der Waals surface area contributed by atoms with E-state index in [2.05, 4.69) is 44.9 Å². The van der Waals surface area contributed by atoms with Crippen molar-refractivity contribution in [1.82, 2.24) is 10.7 Å². The van der Waals surface area contributed by atoms with E-state index in [0.717, 1.165) is 18.4 Å². The first-order chi connectivity index (χ1) is 20.2. The van der Waals surface area contributed by atoms with Crippen LogP contribution in [0.25, 0.3) is 0 Å². The van der Waals surface area contributed by atoms with Crippen molar-refractivity contribution in [3.63, 3.8) is 0 Å². The van der Waals surface area contributed by atoms with Crippen LogP contribution in [-0.2, 0) is 18.9 Å². The molecular formula is C31H48BN5O6. The highest BCUT2D eigenvalue weighted by atomic mass is 16.7. The predicted octanol–water partition coefficient (Wildman–Crippen LogP) is 4.04. The lowest BCUT2D eigenvalue weighted by Crippen LogP contribution is -2.65. The predicted molar refractivity (Wildman–Crippen MR) is 165 cm³/mol. The number of nitrogens with one attached hydrogen (secondary N) is 2. The molecule has 5 rings (SSSR count). The fraction of sp³-hybridized carbons (Fsp3) is 0.710. The van der Waals surface area contributed by atoms with E-state index in [-0.39, 0.29) is 65.5 Å². The van der Waals surface area contributed by atoms with Crippen LogP contribution in [0.3, 0.4) is 0 Å². The molecule has 11 nitrogen and oxygen atoms in total. The van der Waals surface area contributed by atoms with E-state index in [0.29, 0.717) is 31.1 Å². The second-order valence-electron chi connectivity index (χ2n) is 13.9. The van der Waals surface area contributed by atoms with Gasteiger partial charge in [-0.15, -0.1) is 0 Å². The number of nitrogens with two attached hydrogens (primary N) is 1. The van der Waals surface area contributed by atoms with E-state index in [1.807, 2.05) is 42.7 Å². The zero-order chi connectivity index (χ0) is 31.5. The lowest BCUT2D eigenvalue weighted by Gasteiger charge is -2.64. The zero-order valence-corrected chi connectivity index (χ0v) is 26.4. The molecule has 1 aromatic carbocycles. The first-order valence-electron chi connectivity index (χ1n) is 15.6. The molecule has 3 saturated carbocycles. The van der Waals surface area contributed by atoms with Gasteiger partial charge in [0, 0.05) is 24.8 Å². The number of rotatable bonds is 14. The second kappa shape index (κ2) is 13.3. The molecule has 3 aliphatic carbocycles. The molecule has 1 amide bonds. The van der Waals surface area contributed by atoms with E-state index in [1.165, 1.54) is 0 Å². The fourth-order valence-electron chi connectivity index (χ4n) is 7.46. The number of hydrogen-bond acceptors (Lipinski definition) is 7. The Balaban J connectivity index is 1.47. The van der Waals surface area contributed by atoms with Crippen LogP contribution in [0.1, 0.15) is 91.5 Å². The van der Waals surface area contributed by atoms with Crippen LogP contribution in [0.5, 0.6) is 0 Å². The van der Waals surface area contributed by atoms with Gasteiger partial charge in [-0.3, -0.25) is 9.59 Å². The van der Waals surface area contributed by atoms with Gasteiger partial charge in [-0.05, 0) is 67.8 Å². The van der Waals surface area contributed by atoms with E-state index >= 15 is 0 Å². The van der Waals surface area contributed by atoms with Crippen LogP contribution in [0, 0.1) is 39.2 Å². The molecule has 12 heteroatoms. The minimum absolute atomic E-state index is 0.000955. The molecule has 2 bridgehead atoms. The Morgan fingerprint density at radius 1 is 1.19 bits per heavy atom. The summed E-state index contributed by atoms with van der Waals surface area (Å²) in [5, 5.41) is 13.1. The molecule has 0 spiro atoms. The van der Waals surface area contributed by atoms with Crippen LogP contribution >= 0.6 is 0 Å². The second-order valence-corrected chi connectivity index (χ2v) is 13.9. The Labute approximate surface area is 255 Å². The lowest BCUT2D eigenvalue weighted by molar-refractivity contribution is -0.525. The van der Waals surface area contributed by atoms with Gasteiger partial charge in [-0.25, -0.2) is 15.1 Å². The van der Waals surface area contributed by atoms with Crippen molar-refractivity contribution < 1.29 is 23.9 Å². The molecule has 43 heavy (non-hydrogen) atoms. The number of hydrogen-bond donors (Lipinski definition) is 3. The number of ketones is 1. The summed E-state index contributed by atoms with van der Waals surface area (Å²) in [5.74, 6) is -0.583. The molecule has 236 valence electrons. The van der Waals surface area contributed by atoms with Crippen molar-refractivity contribution in [1.29, 1.82) is 0 Å². The lowest BCUT2D eigenvalue weighted by atomic mass is 9.43. The SMILES string of the molecule is CC(C)C[C@H](NC(=O)[C@H](CCCN=C(N)N[N+](=O)[O-])CC(=O)[C@@H](C)c1ccccc1)B1O[C@@H]2C[C@H]3C[C@H](C3(C)C)[C@]2(C)O1. The molecule has 1 aliphatic heterocycles. The Morgan fingerprint density at radius 3 is 2.51 bits per heavy atom. The summed E-state index contributed by atoms with van der Waals surface area (Å²) in [6.07, 6.45) is 3.63. The molecule has 1 aromatic rings. The molecule has 7 atom stereocenters. The number of amides is 1. The van der Waals surface area contributed by atoms with E-state index < -0.39 is 18.1 Å². The third-order valence-electron chi connectivity index (χ3n) is 10.1. The summed E-state index contributed by atoms with van der Waals surface area (Å²) in [7, 11) is -0.561. The van der Waals surface area contributed by atoms with Gasteiger partial charge in [0.05, 0.1) is 17.6 Å². The minimum atomic E-state index is -0.776. The van der Waals surface area contributed by atoms with Gasteiger partial charge in [0.15, 0.2) is 5.03 Å². The van der Waals surface area contributed by atoms with Crippen LogP contribution in [0.15, 0.2) is 35.3 Å². The zero-order valence-electron chi connectivity index (χ0n) is 26.4. The van der Waals surface area contributed by atoms with E-state index in [9.17, 15) is 19.7 Å². The largest absolute Gasteiger partial charge is 0.481 e. The van der Waals surface area contributed by atoms with Gasteiger partial charge in [0.2, 0.25) is 5.91 Å². The van der Waals surface area contributed by atoms with Gasteiger partial charge < -0.3 is 20.4 Å². The number of aliphatic imine (C=N–C) groups is 1. The van der Waals surface area contributed by atoms with Crippen LogP contribution < -0.4 is 16.5 Å². The average Bonchev–Trinajstić information content (AvgIpc) is 3.30. The first kappa shape index (κ1) is 32.9. The Bertz CT molecular complexity index is 1200. The number of hydrazine groups is 1. The molecule has 1 heterocycles. The smallest absolute Gasteiger partial charge is 0.404 e. The molecule has 4 N–H and O–H groups in total. The molecule has 0 aromatic heterocycles. The van der Waals surface area contributed by atoms with Gasteiger partial charge >= 0.3 is 7.12 Å². The quantitative estimate of drug-likeness (QED) is 0.0724. The Kier molecular flexibility index (Phi) is 10.2. The van der Waals surface area contributed by atoms with Gasteiger partial charge in [0.25, 0.3) is 5.96 Å². The van der Waals surface area contributed by atoms with Crippen molar-refractivity contribution in [2.45, 2.75) is 104 Å². The van der Waals surface area contributed by atoms with Crippen molar-refractivity contribution in [2.24, 2.45) is 39.8 Å². The van der Waals surface area contributed by atoms with Crippen molar-refractivity contribution in [3.8, 4) is 0 Å². The number of guanidine groups is 1. The summed E-state index contributed by atoms with van der Waals surface area (Å²) in [5.41, 5.74) is 8.08. The minimum Gasteiger partial charge on any atom is -0.404 e. The van der Waals surface area contributed by atoms with Crippen molar-refractivity contribution >= 4 is 24.8 Å². The third kappa shape index (κ3) is 7.40. The third-order valence-corrected chi connectivity index (χ3v) is 10.1. The van der Waals surface area contributed by atoms with E-state index in [4.69, 9.17) is 15.0 Å². The fourth-order valence-corrected chi connectivity index (χ4v) is 7.46. The summed E-state index contributed by atoms with van der Waals surface area (Å²) in [4.78, 5) is 41.9. The average molecular weight is 598 g/mol. The summed E-state index contributed by atoms with van der Waals surface area (Å²) >= 11 is 0. The maximum Gasteiger partial charge on any atom is 0.481 e. The summed E-state index contributed by atoms with van der Waals surface area (Å²) < 4.78 is 13.3. The first-order valence-corrected chi connectivity index (χ1v) is 15.6.